The van der Waals surface area contributed by atoms with Gasteiger partial charge in [-0.2, -0.15) is 0 Å². The molecule has 0 spiro atoms. The van der Waals surface area contributed by atoms with Gasteiger partial charge in [0.15, 0.2) is 0 Å². The summed E-state index contributed by atoms with van der Waals surface area (Å²) in [4.78, 5) is 57.9. The smallest absolute Gasteiger partial charge is 0.329 e. The normalized spacial score (nSPS) is 41.6. The number of methoxy groups -OCH3 is 3. The average molecular weight is 792 g/mol. The molecule has 3 heterocycles. The van der Waals surface area contributed by atoms with Crippen LogP contribution < -0.4 is 0 Å². The number of nitrogens with zero attached hydrogens (tertiary/aromatic N) is 1. The maximum absolute atomic E-state index is 14.5. The number of ether oxygens (including phenoxy) is 5. The van der Waals surface area contributed by atoms with Crippen LogP contribution in [0, 0.1) is 23.7 Å². The van der Waals surface area contributed by atoms with Gasteiger partial charge in [0, 0.05) is 52.0 Å². The fourth-order valence-electron chi connectivity index (χ4n) is 9.46. The molecule has 0 aromatic heterocycles. The summed E-state index contributed by atoms with van der Waals surface area (Å²) in [6.45, 7) is 11.1. The second-order valence-corrected chi connectivity index (χ2v) is 17.2. The minimum Gasteiger partial charge on any atom is -0.456 e. The summed E-state index contributed by atoms with van der Waals surface area (Å²) >= 11 is 0. The molecule has 3 fully saturated rings. The number of carbonyl (C=O) groups excluding carboxylic acids is 4. The Hall–Kier alpha value is -2.52. The minimum atomic E-state index is -2.51. The van der Waals surface area contributed by atoms with Gasteiger partial charge in [0.05, 0.1) is 30.5 Å². The highest BCUT2D eigenvalue weighted by molar-refractivity contribution is 6.39. The van der Waals surface area contributed by atoms with Crippen molar-refractivity contribution < 1.29 is 58.2 Å². The summed E-state index contributed by atoms with van der Waals surface area (Å²) in [5.74, 6) is -7.08. The van der Waals surface area contributed by atoms with Crippen LogP contribution in [0.1, 0.15) is 119 Å². The maximum atomic E-state index is 14.5. The summed E-state index contributed by atoms with van der Waals surface area (Å²) in [6.07, 6.45) is 3.69. The zero-order valence-electron chi connectivity index (χ0n) is 35.1. The molecule has 318 valence electrons. The molecule has 2 saturated heterocycles. The molecule has 0 aromatic rings. The van der Waals surface area contributed by atoms with E-state index < -0.39 is 84.0 Å². The second-order valence-electron chi connectivity index (χ2n) is 17.2. The number of aliphatic hydroxyl groups is 3. The highest BCUT2D eigenvalue weighted by Gasteiger charge is 2.57. The molecule has 14 atom stereocenters. The van der Waals surface area contributed by atoms with Crippen LogP contribution in [0.3, 0.4) is 0 Å². The van der Waals surface area contributed by atoms with Gasteiger partial charge in [0.2, 0.25) is 5.79 Å². The van der Waals surface area contributed by atoms with E-state index in [1.54, 1.807) is 21.0 Å². The van der Waals surface area contributed by atoms with E-state index in [9.17, 15) is 34.5 Å². The quantitative estimate of drug-likeness (QED) is 0.194. The predicted molar refractivity (Wildman–Crippen MR) is 208 cm³/mol. The minimum absolute atomic E-state index is 0.000914. The van der Waals surface area contributed by atoms with E-state index in [2.05, 4.69) is 0 Å². The largest absolute Gasteiger partial charge is 0.456 e. The van der Waals surface area contributed by atoms with Crippen LogP contribution in [-0.4, -0.2) is 126 Å². The molecule has 4 aliphatic rings. The van der Waals surface area contributed by atoms with Gasteiger partial charge in [-0.3, -0.25) is 14.4 Å². The van der Waals surface area contributed by atoms with Crippen molar-refractivity contribution in [3.63, 3.8) is 0 Å². The van der Waals surface area contributed by atoms with Crippen LogP contribution in [0.2, 0.25) is 0 Å². The van der Waals surface area contributed by atoms with Crippen molar-refractivity contribution in [2.75, 3.05) is 21.3 Å². The zero-order chi connectivity index (χ0) is 41.5. The Labute approximate surface area is 333 Å². The molecule has 0 aromatic carbocycles. The van der Waals surface area contributed by atoms with E-state index >= 15 is 0 Å². The summed E-state index contributed by atoms with van der Waals surface area (Å²) in [7, 11) is 4.63. The van der Waals surface area contributed by atoms with Crippen molar-refractivity contribution in [1.82, 2.24) is 4.90 Å². The molecule has 0 radical (unpaired) electrons. The van der Waals surface area contributed by atoms with Crippen molar-refractivity contribution in [3.05, 3.63) is 23.3 Å². The van der Waals surface area contributed by atoms with Crippen LogP contribution in [0.15, 0.2) is 23.3 Å². The van der Waals surface area contributed by atoms with Gasteiger partial charge in [-0.25, -0.2) is 4.79 Å². The third-order valence-corrected chi connectivity index (χ3v) is 12.9. The number of hydrogen-bond acceptors (Lipinski definition) is 12. The highest BCUT2D eigenvalue weighted by atomic mass is 16.7. The molecular weight excluding hydrogens is 722 g/mol. The summed E-state index contributed by atoms with van der Waals surface area (Å²) in [5.41, 5.74) is 1.64. The highest BCUT2D eigenvalue weighted by Crippen LogP contribution is 2.40. The van der Waals surface area contributed by atoms with Crippen LogP contribution in [-0.2, 0) is 42.9 Å². The van der Waals surface area contributed by atoms with Gasteiger partial charge < -0.3 is 43.9 Å². The number of hydrogen-bond donors (Lipinski definition) is 3. The van der Waals surface area contributed by atoms with Crippen LogP contribution in [0.5, 0.6) is 0 Å². The van der Waals surface area contributed by atoms with Crippen molar-refractivity contribution in [2.45, 2.75) is 179 Å². The number of fused-ring (bicyclic) bond motifs is 3. The van der Waals surface area contributed by atoms with E-state index in [4.69, 9.17) is 23.7 Å². The fourth-order valence-corrected chi connectivity index (χ4v) is 9.46. The van der Waals surface area contributed by atoms with Gasteiger partial charge >= 0.3 is 5.97 Å². The Morgan fingerprint density at radius 2 is 1.57 bits per heavy atom. The third kappa shape index (κ3) is 10.7. The van der Waals surface area contributed by atoms with E-state index in [1.807, 2.05) is 39.8 Å². The van der Waals surface area contributed by atoms with E-state index in [0.717, 1.165) is 5.57 Å². The molecular formula is C43H69NO12. The SMILES string of the molecule is CCC1CCCC2C(=O)OC(C(C)=CC3CCC(O)C(OC)C3)C(C)C(O)CC(=O)C/C=C(\C)CC(C)CC(OC)C3OC(O)(C(=O)C(=O)N12)C(C)CC3OC. The lowest BCUT2D eigenvalue weighted by Crippen LogP contribution is -2.65. The number of amides is 1. The molecule has 13 nitrogen and oxygen atoms in total. The molecule has 1 amide bonds. The van der Waals surface area contributed by atoms with Crippen molar-refractivity contribution >= 4 is 23.4 Å². The number of carbonyl (C=O) groups is 4. The fraction of sp³-hybridized carbons (Fsp3) is 0.814. The van der Waals surface area contributed by atoms with Gasteiger partial charge in [-0.05, 0) is 95.5 Å². The van der Waals surface area contributed by atoms with Crippen molar-refractivity contribution in [2.24, 2.45) is 23.7 Å². The molecule has 13 heteroatoms. The first-order valence-electron chi connectivity index (χ1n) is 20.8. The van der Waals surface area contributed by atoms with Gasteiger partial charge in [0.25, 0.3) is 11.7 Å². The van der Waals surface area contributed by atoms with E-state index in [1.165, 1.54) is 19.1 Å². The number of rotatable bonds is 6. The lowest BCUT2D eigenvalue weighted by atomic mass is 9.82. The monoisotopic (exact) mass is 791 g/mol. The molecule has 4 rings (SSSR count). The number of esters is 1. The van der Waals surface area contributed by atoms with Gasteiger partial charge in [-0.15, -0.1) is 0 Å². The zero-order valence-corrected chi connectivity index (χ0v) is 35.1. The van der Waals surface area contributed by atoms with Gasteiger partial charge in [0.1, 0.15) is 24.0 Å². The number of allylic oxidation sites excluding steroid dienone is 3. The summed E-state index contributed by atoms with van der Waals surface area (Å²) < 4.78 is 29.8. The molecule has 1 aliphatic carbocycles. The van der Waals surface area contributed by atoms with Crippen LogP contribution in [0.4, 0.5) is 0 Å². The lowest BCUT2D eigenvalue weighted by molar-refractivity contribution is -0.302. The summed E-state index contributed by atoms with van der Waals surface area (Å²) in [6, 6.07) is -1.63. The Bertz CT molecular complexity index is 1430. The lowest BCUT2D eigenvalue weighted by Gasteiger charge is -2.47. The predicted octanol–water partition coefficient (Wildman–Crippen LogP) is 4.62. The number of piperidine rings is 1. The van der Waals surface area contributed by atoms with Crippen molar-refractivity contribution in [3.8, 4) is 0 Å². The molecule has 3 aliphatic heterocycles. The van der Waals surface area contributed by atoms with Gasteiger partial charge in [-0.1, -0.05) is 45.4 Å². The van der Waals surface area contributed by atoms with Crippen LogP contribution >= 0.6 is 0 Å². The standard InChI is InChI=1S/C43H69NO12/c1-10-30-12-11-13-32-42(50)55-38(26(4)20-29-15-17-33(46)35(22-29)52-7)28(6)34(47)23-31(45)16-14-24(2)18-25(3)19-36(53-8)39-37(54-9)21-27(5)43(51,56-39)40(48)41(49)44(30)32/h14,20,25,27-30,32-39,46-47,51H,10-13,15-19,21-23H2,1-9H3/b24-14+,26-20?. The number of aliphatic hydroxyl groups excluding tert-OH is 2. The number of ketones is 2. The molecule has 1 saturated carbocycles. The Balaban J connectivity index is 1.77. The Morgan fingerprint density at radius 3 is 2.21 bits per heavy atom. The number of cyclic esters (lactones) is 1. The Morgan fingerprint density at radius 1 is 0.911 bits per heavy atom. The number of Topliss-reactive ketones (excluding diaryl/α,β-unsaturated/α-hetero) is 2. The first kappa shape index (κ1) is 46.2. The topological polar surface area (TPSA) is 178 Å². The van der Waals surface area contributed by atoms with Crippen LogP contribution in [0.25, 0.3) is 0 Å². The second kappa shape index (κ2) is 20.4. The Kier molecular flexibility index (Phi) is 16.9. The van der Waals surface area contributed by atoms with Crippen molar-refractivity contribution in [1.29, 1.82) is 0 Å². The molecule has 14 unspecified atom stereocenters. The molecule has 2 bridgehead atoms. The van der Waals surface area contributed by atoms with E-state index in [-0.39, 0.29) is 49.4 Å². The summed E-state index contributed by atoms with van der Waals surface area (Å²) in [5, 5.41) is 34.0. The first-order chi connectivity index (χ1) is 26.5. The molecule has 3 N–H and O–H groups in total. The maximum Gasteiger partial charge on any atom is 0.329 e. The molecule has 56 heavy (non-hydrogen) atoms. The van der Waals surface area contributed by atoms with E-state index in [0.29, 0.717) is 56.9 Å². The average Bonchev–Trinajstić information content (AvgIpc) is 3.17. The third-order valence-electron chi connectivity index (χ3n) is 12.9. The first-order valence-corrected chi connectivity index (χ1v) is 20.8.